The molecule has 78 valence electrons. The van der Waals surface area contributed by atoms with E-state index in [1.54, 1.807) is 10.9 Å². The number of aromatic nitrogens is 2. The summed E-state index contributed by atoms with van der Waals surface area (Å²) in [6.45, 7) is 0. The molecule has 2 aromatic rings. The maximum Gasteiger partial charge on any atom is 0.0705 e. The van der Waals surface area contributed by atoms with Gasteiger partial charge in [-0.1, -0.05) is 17.7 Å². The molecule has 15 heavy (non-hydrogen) atoms. The maximum atomic E-state index is 6.05. The average Bonchev–Trinajstić information content (AvgIpc) is 2.64. The highest BCUT2D eigenvalue weighted by Crippen LogP contribution is 2.25. The van der Waals surface area contributed by atoms with Gasteiger partial charge in [0, 0.05) is 16.8 Å². The summed E-state index contributed by atoms with van der Waals surface area (Å²) in [6, 6.07) is 5.63. The Morgan fingerprint density at radius 3 is 2.80 bits per heavy atom. The van der Waals surface area contributed by atoms with Crippen molar-refractivity contribution < 1.29 is 0 Å². The molecule has 0 fully saturated rings. The maximum absolute atomic E-state index is 6.05. The van der Waals surface area contributed by atoms with Crippen LogP contribution in [0.2, 0.25) is 5.02 Å². The Kier molecular flexibility index (Phi) is 3.34. The fourth-order valence-corrected chi connectivity index (χ4v) is 2.20. The zero-order valence-corrected chi connectivity index (χ0v) is 10.7. The van der Waals surface area contributed by atoms with Crippen molar-refractivity contribution >= 4 is 39.1 Å². The van der Waals surface area contributed by atoms with Crippen molar-refractivity contribution in [2.45, 2.75) is 5.88 Å². The lowest BCUT2D eigenvalue weighted by Crippen LogP contribution is -1.99. The van der Waals surface area contributed by atoms with Crippen molar-refractivity contribution in [3.63, 3.8) is 0 Å². The third kappa shape index (κ3) is 2.19. The van der Waals surface area contributed by atoms with Gasteiger partial charge in [0.15, 0.2) is 0 Å². The molecule has 1 aromatic carbocycles. The van der Waals surface area contributed by atoms with Crippen molar-refractivity contribution in [1.29, 1.82) is 0 Å². The lowest BCUT2D eigenvalue weighted by Gasteiger charge is -2.08. The smallest absolute Gasteiger partial charge is 0.0705 e. The third-order valence-electron chi connectivity index (χ3n) is 2.03. The van der Waals surface area contributed by atoms with Crippen LogP contribution in [0, 0.1) is 0 Å². The number of alkyl halides is 1. The molecule has 0 saturated heterocycles. The van der Waals surface area contributed by atoms with Crippen molar-refractivity contribution in [3.05, 3.63) is 45.7 Å². The average molecular weight is 306 g/mol. The van der Waals surface area contributed by atoms with Crippen LogP contribution in [0.3, 0.4) is 0 Å². The Labute approximate surface area is 106 Å². The molecule has 2 nitrogen and oxygen atoms in total. The second-order valence-electron chi connectivity index (χ2n) is 2.97. The Morgan fingerprint density at radius 2 is 2.20 bits per heavy atom. The number of hydrogen-bond donors (Lipinski definition) is 0. The molecule has 0 amide bonds. The van der Waals surface area contributed by atoms with Crippen molar-refractivity contribution in [2.24, 2.45) is 0 Å². The summed E-state index contributed by atoms with van der Waals surface area (Å²) in [5.41, 5.74) is 1.79. The Balaban J connectivity index is 2.57. The minimum atomic E-state index is 0.368. The molecule has 1 heterocycles. The highest BCUT2D eigenvalue weighted by atomic mass is 79.9. The molecule has 5 heteroatoms. The molecule has 0 spiro atoms. The van der Waals surface area contributed by atoms with Gasteiger partial charge in [0.2, 0.25) is 0 Å². The number of benzene rings is 1. The topological polar surface area (TPSA) is 17.8 Å². The fraction of sp³-hybridized carbons (Fsp3) is 0.100. The van der Waals surface area contributed by atoms with Crippen LogP contribution in [0.5, 0.6) is 0 Å². The van der Waals surface area contributed by atoms with Crippen LogP contribution in [0.1, 0.15) is 5.56 Å². The van der Waals surface area contributed by atoms with Crippen LogP contribution in [-0.4, -0.2) is 9.78 Å². The zero-order valence-electron chi connectivity index (χ0n) is 7.62. The Hall–Kier alpha value is -0.510. The van der Waals surface area contributed by atoms with Crippen LogP contribution in [0.25, 0.3) is 5.69 Å². The molecule has 0 aliphatic rings. The van der Waals surface area contributed by atoms with E-state index >= 15 is 0 Å². The summed E-state index contributed by atoms with van der Waals surface area (Å²) >= 11 is 15.3. The standard InChI is InChI=1S/C10H7BrCl2N2/c11-7-5-14-15(6-7)10-3-1-2-9(13)8(10)4-12/h1-3,5-6H,4H2. The van der Waals surface area contributed by atoms with Gasteiger partial charge in [0.25, 0.3) is 0 Å². The highest BCUT2D eigenvalue weighted by Gasteiger charge is 2.08. The van der Waals surface area contributed by atoms with Gasteiger partial charge in [-0.15, -0.1) is 11.6 Å². The first kappa shape index (κ1) is 11.0. The van der Waals surface area contributed by atoms with Crippen LogP contribution >= 0.6 is 39.1 Å². The second kappa shape index (κ2) is 4.56. The van der Waals surface area contributed by atoms with Gasteiger partial charge in [-0.3, -0.25) is 0 Å². The first-order valence-electron chi connectivity index (χ1n) is 4.26. The summed E-state index contributed by atoms with van der Waals surface area (Å²) < 4.78 is 2.66. The normalized spacial score (nSPS) is 10.6. The summed E-state index contributed by atoms with van der Waals surface area (Å²) in [6.07, 6.45) is 3.58. The van der Waals surface area contributed by atoms with E-state index in [2.05, 4.69) is 21.0 Å². The van der Waals surface area contributed by atoms with Crippen LogP contribution < -0.4 is 0 Å². The van der Waals surface area contributed by atoms with Crippen molar-refractivity contribution in [2.75, 3.05) is 0 Å². The monoisotopic (exact) mass is 304 g/mol. The largest absolute Gasteiger partial charge is 0.239 e. The molecule has 0 N–H and O–H groups in total. The molecule has 0 aliphatic heterocycles. The second-order valence-corrected chi connectivity index (χ2v) is 4.56. The summed E-state index contributed by atoms with van der Waals surface area (Å²) in [7, 11) is 0. The SMILES string of the molecule is ClCc1c(Cl)cccc1-n1cc(Br)cn1. The van der Waals surface area contributed by atoms with E-state index in [-0.39, 0.29) is 0 Å². The molecule has 0 saturated carbocycles. The van der Waals surface area contributed by atoms with E-state index in [0.29, 0.717) is 10.9 Å². The Bertz CT molecular complexity index is 482. The molecular formula is C10H7BrCl2N2. The summed E-state index contributed by atoms with van der Waals surface area (Å²) in [5, 5.41) is 4.85. The predicted molar refractivity (Wildman–Crippen MR) is 65.8 cm³/mol. The highest BCUT2D eigenvalue weighted by molar-refractivity contribution is 9.10. The number of nitrogens with zero attached hydrogens (tertiary/aromatic N) is 2. The van der Waals surface area contributed by atoms with Gasteiger partial charge in [0.05, 0.1) is 22.2 Å². The minimum Gasteiger partial charge on any atom is -0.239 e. The molecule has 0 unspecified atom stereocenters. The van der Waals surface area contributed by atoms with Crippen LogP contribution in [0.15, 0.2) is 35.1 Å². The molecule has 1 aromatic heterocycles. The van der Waals surface area contributed by atoms with Gasteiger partial charge in [-0.05, 0) is 28.1 Å². The lowest BCUT2D eigenvalue weighted by molar-refractivity contribution is 0.871. The van der Waals surface area contributed by atoms with Gasteiger partial charge < -0.3 is 0 Å². The van der Waals surface area contributed by atoms with Gasteiger partial charge in [-0.25, -0.2) is 4.68 Å². The summed E-state index contributed by atoms with van der Waals surface area (Å²) in [5.74, 6) is 0.368. The van der Waals surface area contributed by atoms with E-state index in [9.17, 15) is 0 Å². The molecule has 0 radical (unpaired) electrons. The van der Waals surface area contributed by atoms with Crippen LogP contribution in [0.4, 0.5) is 0 Å². The zero-order chi connectivity index (χ0) is 10.8. The number of hydrogen-bond acceptors (Lipinski definition) is 1. The number of halogens is 3. The molecule has 0 bridgehead atoms. The third-order valence-corrected chi connectivity index (χ3v) is 3.06. The van der Waals surface area contributed by atoms with E-state index < -0.39 is 0 Å². The van der Waals surface area contributed by atoms with E-state index in [4.69, 9.17) is 23.2 Å². The van der Waals surface area contributed by atoms with E-state index in [1.165, 1.54) is 0 Å². The number of rotatable bonds is 2. The molecule has 0 atom stereocenters. The summed E-state index contributed by atoms with van der Waals surface area (Å²) in [4.78, 5) is 0. The van der Waals surface area contributed by atoms with E-state index in [0.717, 1.165) is 15.7 Å². The molecular weight excluding hydrogens is 299 g/mol. The van der Waals surface area contributed by atoms with Crippen LogP contribution in [-0.2, 0) is 5.88 Å². The Morgan fingerprint density at radius 1 is 1.40 bits per heavy atom. The predicted octanol–water partition coefficient (Wildman–Crippen LogP) is 4.03. The quantitative estimate of drug-likeness (QED) is 0.766. The minimum absolute atomic E-state index is 0.368. The van der Waals surface area contributed by atoms with E-state index in [1.807, 2.05) is 24.4 Å². The first-order valence-corrected chi connectivity index (χ1v) is 5.97. The fourth-order valence-electron chi connectivity index (χ4n) is 1.33. The lowest BCUT2D eigenvalue weighted by atomic mass is 10.2. The van der Waals surface area contributed by atoms with Gasteiger partial charge >= 0.3 is 0 Å². The first-order chi connectivity index (χ1) is 7.22. The van der Waals surface area contributed by atoms with Crippen molar-refractivity contribution in [3.8, 4) is 5.69 Å². The molecule has 0 aliphatic carbocycles. The van der Waals surface area contributed by atoms with Gasteiger partial charge in [-0.2, -0.15) is 5.10 Å². The van der Waals surface area contributed by atoms with Crippen molar-refractivity contribution in [1.82, 2.24) is 9.78 Å². The van der Waals surface area contributed by atoms with Gasteiger partial charge in [0.1, 0.15) is 0 Å². The molecule has 2 rings (SSSR count).